The molecule has 3 heteroatoms. The lowest BCUT2D eigenvalue weighted by Gasteiger charge is -2.04. The van der Waals surface area contributed by atoms with Crippen LogP contribution in [0, 0.1) is 0 Å². The Labute approximate surface area is 94.6 Å². The van der Waals surface area contributed by atoms with Crippen LogP contribution in [0.15, 0.2) is 59.8 Å². The number of hydrogen-bond donors (Lipinski definition) is 1. The van der Waals surface area contributed by atoms with Crippen LogP contribution in [0.5, 0.6) is 0 Å². The van der Waals surface area contributed by atoms with E-state index in [4.69, 9.17) is 5.84 Å². The van der Waals surface area contributed by atoms with Crippen molar-refractivity contribution in [1.29, 1.82) is 0 Å². The van der Waals surface area contributed by atoms with Crippen molar-refractivity contribution >= 4 is 5.71 Å². The Morgan fingerprint density at radius 2 is 1.81 bits per heavy atom. The molecule has 1 aromatic carbocycles. The summed E-state index contributed by atoms with van der Waals surface area (Å²) in [7, 11) is 0. The van der Waals surface area contributed by atoms with E-state index in [-0.39, 0.29) is 0 Å². The molecule has 0 saturated carbocycles. The van der Waals surface area contributed by atoms with E-state index in [1.807, 2.05) is 48.5 Å². The van der Waals surface area contributed by atoms with Crippen LogP contribution < -0.4 is 5.84 Å². The van der Waals surface area contributed by atoms with E-state index in [1.54, 1.807) is 6.20 Å². The molecule has 3 nitrogen and oxygen atoms in total. The number of hydrogen-bond acceptors (Lipinski definition) is 3. The van der Waals surface area contributed by atoms with Gasteiger partial charge in [-0.1, -0.05) is 36.4 Å². The number of benzene rings is 1. The van der Waals surface area contributed by atoms with Gasteiger partial charge in [-0.15, -0.1) is 0 Å². The first-order valence-corrected chi connectivity index (χ1v) is 5.12. The molecule has 2 N–H and O–H groups in total. The molecule has 2 aromatic rings. The molecule has 0 fully saturated rings. The number of aromatic nitrogens is 1. The third-order valence-corrected chi connectivity index (χ3v) is 2.34. The maximum Gasteiger partial charge on any atom is 0.0732 e. The molecule has 0 bridgehead atoms. The summed E-state index contributed by atoms with van der Waals surface area (Å²) in [5.74, 6) is 5.41. The predicted octanol–water partition coefficient (Wildman–Crippen LogP) is 1.99. The molecule has 1 heterocycles. The van der Waals surface area contributed by atoms with Crippen molar-refractivity contribution in [3.8, 4) is 0 Å². The fourth-order valence-corrected chi connectivity index (χ4v) is 1.53. The molecule has 0 unspecified atom stereocenters. The van der Waals surface area contributed by atoms with Crippen molar-refractivity contribution in [2.75, 3.05) is 0 Å². The molecule has 0 atom stereocenters. The second-order valence-corrected chi connectivity index (χ2v) is 3.44. The molecule has 80 valence electrons. The molecule has 0 radical (unpaired) electrons. The topological polar surface area (TPSA) is 51.3 Å². The van der Waals surface area contributed by atoms with Gasteiger partial charge in [0.05, 0.1) is 5.71 Å². The standard InChI is InChI=1S/C13H13N3/c14-16-13(11-6-2-1-3-7-11)10-12-8-4-5-9-15-12/h1-9H,10,14H2. The normalized spacial score (nSPS) is 11.4. The Balaban J connectivity index is 2.20. The second-order valence-electron chi connectivity index (χ2n) is 3.44. The Morgan fingerprint density at radius 1 is 1.06 bits per heavy atom. The van der Waals surface area contributed by atoms with E-state index < -0.39 is 0 Å². The van der Waals surface area contributed by atoms with Crippen LogP contribution in [-0.2, 0) is 6.42 Å². The summed E-state index contributed by atoms with van der Waals surface area (Å²) in [6, 6.07) is 15.7. The van der Waals surface area contributed by atoms with E-state index in [0.29, 0.717) is 6.42 Å². The first-order valence-electron chi connectivity index (χ1n) is 5.12. The molecule has 16 heavy (non-hydrogen) atoms. The van der Waals surface area contributed by atoms with Crippen LogP contribution in [0.2, 0.25) is 0 Å². The summed E-state index contributed by atoms with van der Waals surface area (Å²) >= 11 is 0. The minimum absolute atomic E-state index is 0.654. The van der Waals surface area contributed by atoms with Gasteiger partial charge in [0, 0.05) is 18.3 Å². The molecule has 1 aromatic heterocycles. The Hall–Kier alpha value is -2.16. The van der Waals surface area contributed by atoms with Gasteiger partial charge in [-0.3, -0.25) is 4.98 Å². The summed E-state index contributed by atoms with van der Waals surface area (Å²) in [6.07, 6.45) is 2.43. The number of hydrazone groups is 1. The maximum atomic E-state index is 5.41. The van der Waals surface area contributed by atoms with Gasteiger partial charge in [-0.2, -0.15) is 5.10 Å². The molecule has 0 saturated heterocycles. The Kier molecular flexibility index (Phi) is 3.28. The van der Waals surface area contributed by atoms with Crippen molar-refractivity contribution < 1.29 is 0 Å². The fourth-order valence-electron chi connectivity index (χ4n) is 1.53. The summed E-state index contributed by atoms with van der Waals surface area (Å²) in [5.41, 5.74) is 2.85. The van der Waals surface area contributed by atoms with E-state index in [0.717, 1.165) is 17.0 Å². The number of nitrogens with two attached hydrogens (primary N) is 1. The monoisotopic (exact) mass is 211 g/mol. The van der Waals surface area contributed by atoms with Gasteiger partial charge in [0.1, 0.15) is 0 Å². The van der Waals surface area contributed by atoms with Crippen LogP contribution in [0.4, 0.5) is 0 Å². The summed E-state index contributed by atoms with van der Waals surface area (Å²) in [5, 5.41) is 3.83. The largest absolute Gasteiger partial charge is 0.323 e. The Bertz CT molecular complexity index is 463. The second kappa shape index (κ2) is 5.07. The highest BCUT2D eigenvalue weighted by Gasteiger charge is 2.04. The quantitative estimate of drug-likeness (QED) is 0.479. The molecular weight excluding hydrogens is 198 g/mol. The molecule has 2 rings (SSSR count). The predicted molar refractivity (Wildman–Crippen MR) is 65.1 cm³/mol. The van der Waals surface area contributed by atoms with Gasteiger partial charge in [-0.25, -0.2) is 0 Å². The number of pyridine rings is 1. The van der Waals surface area contributed by atoms with Gasteiger partial charge < -0.3 is 5.84 Å². The third kappa shape index (κ3) is 2.45. The van der Waals surface area contributed by atoms with Crippen molar-refractivity contribution in [2.45, 2.75) is 6.42 Å². The van der Waals surface area contributed by atoms with E-state index in [2.05, 4.69) is 10.1 Å². The highest BCUT2D eigenvalue weighted by Crippen LogP contribution is 2.05. The number of rotatable bonds is 3. The highest BCUT2D eigenvalue weighted by molar-refractivity contribution is 6.01. The first kappa shape index (κ1) is 10.4. The van der Waals surface area contributed by atoms with E-state index in [9.17, 15) is 0 Å². The summed E-state index contributed by atoms with van der Waals surface area (Å²) in [4.78, 5) is 4.26. The zero-order valence-electron chi connectivity index (χ0n) is 8.88. The van der Waals surface area contributed by atoms with Gasteiger partial charge in [0.2, 0.25) is 0 Å². The lowest BCUT2D eigenvalue weighted by Crippen LogP contribution is -2.09. The van der Waals surface area contributed by atoms with Crippen LogP contribution in [-0.4, -0.2) is 10.7 Å². The third-order valence-electron chi connectivity index (χ3n) is 2.34. The zero-order valence-corrected chi connectivity index (χ0v) is 8.88. The van der Waals surface area contributed by atoms with Crippen molar-refractivity contribution in [3.63, 3.8) is 0 Å². The average Bonchev–Trinajstić information content (AvgIpc) is 2.38. The maximum absolute atomic E-state index is 5.41. The lowest BCUT2D eigenvalue weighted by molar-refractivity contribution is 1.11. The SMILES string of the molecule is NN=C(Cc1ccccn1)c1ccccc1. The summed E-state index contributed by atoms with van der Waals surface area (Å²) < 4.78 is 0. The van der Waals surface area contributed by atoms with Crippen molar-refractivity contribution in [1.82, 2.24) is 4.98 Å². The fraction of sp³-hybridized carbons (Fsp3) is 0.0769. The minimum Gasteiger partial charge on any atom is -0.323 e. The first-order chi connectivity index (χ1) is 7.90. The molecule has 0 spiro atoms. The van der Waals surface area contributed by atoms with Gasteiger partial charge in [0.15, 0.2) is 0 Å². The van der Waals surface area contributed by atoms with Gasteiger partial charge >= 0.3 is 0 Å². The van der Waals surface area contributed by atoms with Gasteiger partial charge in [0.25, 0.3) is 0 Å². The van der Waals surface area contributed by atoms with E-state index >= 15 is 0 Å². The molecule has 0 aliphatic carbocycles. The van der Waals surface area contributed by atoms with Crippen LogP contribution >= 0.6 is 0 Å². The van der Waals surface area contributed by atoms with Crippen LogP contribution in [0.3, 0.4) is 0 Å². The Morgan fingerprint density at radius 3 is 2.44 bits per heavy atom. The summed E-state index contributed by atoms with van der Waals surface area (Å²) in [6.45, 7) is 0. The van der Waals surface area contributed by atoms with Crippen molar-refractivity contribution in [3.05, 3.63) is 66.0 Å². The lowest BCUT2D eigenvalue weighted by atomic mass is 10.1. The van der Waals surface area contributed by atoms with Gasteiger partial charge in [-0.05, 0) is 17.7 Å². The molecule has 0 amide bonds. The van der Waals surface area contributed by atoms with Crippen molar-refractivity contribution in [2.24, 2.45) is 10.9 Å². The highest BCUT2D eigenvalue weighted by atomic mass is 15.1. The molecule has 0 aliphatic rings. The molecular formula is C13H13N3. The minimum atomic E-state index is 0.654. The average molecular weight is 211 g/mol. The smallest absolute Gasteiger partial charge is 0.0732 e. The molecule has 0 aliphatic heterocycles. The number of nitrogens with zero attached hydrogens (tertiary/aromatic N) is 2. The zero-order chi connectivity index (χ0) is 11.2. The van der Waals surface area contributed by atoms with Crippen LogP contribution in [0.1, 0.15) is 11.3 Å². The van der Waals surface area contributed by atoms with E-state index in [1.165, 1.54) is 0 Å². The van der Waals surface area contributed by atoms with Crippen LogP contribution in [0.25, 0.3) is 0 Å².